The third kappa shape index (κ3) is 6.57. The molecule has 0 radical (unpaired) electrons. The molecule has 0 aromatic heterocycles. The Balaban J connectivity index is 0.00000312. The summed E-state index contributed by atoms with van der Waals surface area (Å²) in [5.41, 5.74) is 12.3. The second-order valence-electron chi connectivity index (χ2n) is 6.10. The van der Waals surface area contributed by atoms with E-state index < -0.39 is 0 Å². The van der Waals surface area contributed by atoms with E-state index in [0.717, 1.165) is 18.7 Å². The van der Waals surface area contributed by atoms with Gasteiger partial charge in [0.05, 0.1) is 13.7 Å². The monoisotopic (exact) mass is 453 g/mol. The Kier molecular flexibility index (Phi) is 8.75. The summed E-state index contributed by atoms with van der Waals surface area (Å²) in [7, 11) is 1.67. The van der Waals surface area contributed by atoms with E-state index in [1.165, 1.54) is 27.8 Å². The maximum absolute atomic E-state index is 5.98. The highest BCUT2D eigenvalue weighted by Crippen LogP contribution is 2.17. The summed E-state index contributed by atoms with van der Waals surface area (Å²) in [6.45, 7) is 7.73. The van der Waals surface area contributed by atoms with Crippen molar-refractivity contribution in [2.24, 2.45) is 10.7 Å². The zero-order chi connectivity index (χ0) is 17.5. The van der Waals surface area contributed by atoms with Crippen molar-refractivity contribution in [3.05, 3.63) is 64.2 Å². The van der Waals surface area contributed by atoms with Crippen LogP contribution in [0.25, 0.3) is 0 Å². The number of methoxy groups -OCH3 is 1. The van der Waals surface area contributed by atoms with Gasteiger partial charge in [0.2, 0.25) is 0 Å². The second-order valence-corrected chi connectivity index (χ2v) is 6.10. The Morgan fingerprint density at radius 1 is 1.08 bits per heavy atom. The van der Waals surface area contributed by atoms with Crippen LogP contribution in [0.15, 0.2) is 41.4 Å². The number of ether oxygens (including phenoxy) is 1. The predicted molar refractivity (Wildman–Crippen MR) is 116 cm³/mol. The van der Waals surface area contributed by atoms with Crippen LogP contribution in [0.5, 0.6) is 5.75 Å². The molecule has 3 N–H and O–H groups in total. The molecule has 0 fully saturated rings. The Hall–Kier alpha value is -1.76. The molecule has 0 aliphatic rings. The average Bonchev–Trinajstić information content (AvgIpc) is 2.54. The summed E-state index contributed by atoms with van der Waals surface area (Å²) >= 11 is 0. The van der Waals surface area contributed by atoms with Gasteiger partial charge in [0.25, 0.3) is 0 Å². The number of aryl methyl sites for hydroxylation is 3. The molecule has 2 rings (SSSR count). The van der Waals surface area contributed by atoms with E-state index in [-0.39, 0.29) is 24.0 Å². The Labute approximate surface area is 167 Å². The highest BCUT2D eigenvalue weighted by Gasteiger charge is 2.03. The van der Waals surface area contributed by atoms with Crippen LogP contribution >= 0.6 is 24.0 Å². The zero-order valence-corrected chi connectivity index (χ0v) is 17.8. The topological polar surface area (TPSA) is 59.6 Å². The fourth-order valence-corrected chi connectivity index (χ4v) is 2.81. The smallest absolute Gasteiger partial charge is 0.188 e. The van der Waals surface area contributed by atoms with Gasteiger partial charge in [0, 0.05) is 6.54 Å². The van der Waals surface area contributed by atoms with E-state index in [9.17, 15) is 0 Å². The summed E-state index contributed by atoms with van der Waals surface area (Å²) < 4.78 is 5.16. The molecule has 0 spiro atoms. The van der Waals surface area contributed by atoms with E-state index in [0.29, 0.717) is 12.5 Å². The van der Waals surface area contributed by atoms with Crippen molar-refractivity contribution in [3.8, 4) is 5.75 Å². The molecule has 0 heterocycles. The van der Waals surface area contributed by atoms with Crippen LogP contribution in [0, 0.1) is 20.8 Å². The first kappa shape index (κ1) is 21.3. The fourth-order valence-electron chi connectivity index (χ4n) is 2.81. The van der Waals surface area contributed by atoms with Gasteiger partial charge in [-0.1, -0.05) is 29.8 Å². The van der Waals surface area contributed by atoms with Crippen LogP contribution in [0.1, 0.15) is 27.8 Å². The molecule has 2 aromatic carbocycles. The lowest BCUT2D eigenvalue weighted by molar-refractivity contribution is 0.414. The number of halogens is 1. The minimum absolute atomic E-state index is 0. The third-order valence-electron chi connectivity index (χ3n) is 4.13. The maximum Gasteiger partial charge on any atom is 0.188 e. The largest absolute Gasteiger partial charge is 0.497 e. The normalized spacial score (nSPS) is 11.0. The molecule has 0 saturated carbocycles. The molecule has 0 atom stereocenters. The van der Waals surface area contributed by atoms with Gasteiger partial charge < -0.3 is 15.8 Å². The number of nitrogens with two attached hydrogens (primary N) is 1. The first-order valence-corrected chi connectivity index (χ1v) is 8.23. The van der Waals surface area contributed by atoms with Crippen LogP contribution in [0.4, 0.5) is 0 Å². The standard InChI is InChI=1S/C20H27N3O.HI/c1-14-11-15(2)19(16(3)12-14)13-23-20(21)22-10-9-17-5-7-18(24-4)8-6-17;/h5-8,11-12H,9-10,13H2,1-4H3,(H3,21,22,23);1H. The van der Waals surface area contributed by atoms with Gasteiger partial charge in [-0.3, -0.25) is 0 Å². The van der Waals surface area contributed by atoms with Gasteiger partial charge in [0.15, 0.2) is 5.96 Å². The van der Waals surface area contributed by atoms with Gasteiger partial charge in [-0.15, -0.1) is 24.0 Å². The average molecular weight is 453 g/mol. The van der Waals surface area contributed by atoms with E-state index in [1.54, 1.807) is 7.11 Å². The van der Waals surface area contributed by atoms with E-state index in [1.807, 2.05) is 12.1 Å². The number of rotatable bonds is 6. The molecule has 0 saturated heterocycles. The van der Waals surface area contributed by atoms with Crippen molar-refractivity contribution in [2.75, 3.05) is 13.7 Å². The number of aliphatic imine (C=N–C) groups is 1. The third-order valence-corrected chi connectivity index (χ3v) is 4.13. The molecule has 0 aliphatic carbocycles. The molecule has 25 heavy (non-hydrogen) atoms. The lowest BCUT2D eigenvalue weighted by Crippen LogP contribution is -2.33. The highest BCUT2D eigenvalue weighted by molar-refractivity contribution is 14.0. The van der Waals surface area contributed by atoms with Gasteiger partial charge in [-0.25, -0.2) is 4.99 Å². The minimum Gasteiger partial charge on any atom is -0.497 e. The van der Waals surface area contributed by atoms with Crippen molar-refractivity contribution < 1.29 is 4.74 Å². The Bertz CT molecular complexity index is 688. The van der Waals surface area contributed by atoms with Crippen molar-refractivity contribution >= 4 is 29.9 Å². The quantitative estimate of drug-likeness (QED) is 0.397. The predicted octanol–water partition coefficient (Wildman–Crippen LogP) is 3.89. The summed E-state index contributed by atoms with van der Waals surface area (Å²) in [6, 6.07) is 12.4. The number of nitrogens with one attached hydrogen (secondary N) is 1. The Morgan fingerprint density at radius 3 is 2.24 bits per heavy atom. The summed E-state index contributed by atoms with van der Waals surface area (Å²) in [6.07, 6.45) is 0.892. The molecular formula is C20H28IN3O. The molecule has 5 heteroatoms. The second kappa shape index (κ2) is 10.3. The summed E-state index contributed by atoms with van der Waals surface area (Å²) in [5.74, 6) is 1.36. The van der Waals surface area contributed by atoms with Crippen molar-refractivity contribution in [1.29, 1.82) is 0 Å². The maximum atomic E-state index is 5.98. The molecular weight excluding hydrogens is 425 g/mol. The Morgan fingerprint density at radius 2 is 1.68 bits per heavy atom. The molecule has 0 aliphatic heterocycles. The van der Waals surface area contributed by atoms with Crippen LogP contribution < -0.4 is 15.8 Å². The molecule has 136 valence electrons. The van der Waals surface area contributed by atoms with Crippen LogP contribution in [0.3, 0.4) is 0 Å². The van der Waals surface area contributed by atoms with Crippen LogP contribution in [-0.4, -0.2) is 19.6 Å². The van der Waals surface area contributed by atoms with E-state index >= 15 is 0 Å². The highest BCUT2D eigenvalue weighted by atomic mass is 127. The first-order valence-electron chi connectivity index (χ1n) is 8.23. The summed E-state index contributed by atoms with van der Waals surface area (Å²) in [4.78, 5) is 4.47. The van der Waals surface area contributed by atoms with Crippen LogP contribution in [0.2, 0.25) is 0 Å². The fraction of sp³-hybridized carbons (Fsp3) is 0.350. The number of hydrogen-bond acceptors (Lipinski definition) is 2. The number of hydrogen-bond donors (Lipinski definition) is 2. The molecule has 2 aromatic rings. The molecule has 0 unspecified atom stereocenters. The van der Waals surface area contributed by atoms with Crippen molar-refractivity contribution in [2.45, 2.75) is 33.7 Å². The van der Waals surface area contributed by atoms with E-state index in [2.05, 4.69) is 55.3 Å². The molecule has 0 bridgehead atoms. The summed E-state index contributed by atoms with van der Waals surface area (Å²) in [5, 5.41) is 3.18. The molecule has 4 nitrogen and oxygen atoms in total. The number of benzene rings is 2. The van der Waals surface area contributed by atoms with Crippen molar-refractivity contribution in [3.63, 3.8) is 0 Å². The lowest BCUT2D eigenvalue weighted by atomic mass is 10.00. The molecule has 0 amide bonds. The van der Waals surface area contributed by atoms with Crippen molar-refractivity contribution in [1.82, 2.24) is 5.32 Å². The van der Waals surface area contributed by atoms with Gasteiger partial charge in [-0.05, 0) is 61.6 Å². The minimum atomic E-state index is 0. The van der Waals surface area contributed by atoms with Gasteiger partial charge >= 0.3 is 0 Å². The van der Waals surface area contributed by atoms with Gasteiger partial charge in [0.1, 0.15) is 5.75 Å². The number of nitrogens with zero attached hydrogens (tertiary/aromatic N) is 1. The SMILES string of the molecule is COc1ccc(CCNC(N)=NCc2c(C)cc(C)cc2C)cc1.I. The first-order chi connectivity index (χ1) is 11.5. The number of guanidine groups is 1. The van der Waals surface area contributed by atoms with Crippen LogP contribution in [-0.2, 0) is 13.0 Å². The lowest BCUT2D eigenvalue weighted by Gasteiger charge is -2.10. The zero-order valence-electron chi connectivity index (χ0n) is 15.4. The van der Waals surface area contributed by atoms with Gasteiger partial charge in [-0.2, -0.15) is 0 Å². The van der Waals surface area contributed by atoms with E-state index in [4.69, 9.17) is 10.5 Å².